The van der Waals surface area contributed by atoms with Crippen LogP contribution in [0.15, 0.2) is 72.9 Å². The van der Waals surface area contributed by atoms with Gasteiger partial charge in [-0.2, -0.15) is 0 Å². The third-order valence-electron chi connectivity index (χ3n) is 10.2. The summed E-state index contributed by atoms with van der Waals surface area (Å²) < 4.78 is 17.3. The average molecular weight is 809 g/mol. The molecule has 0 saturated carbocycles. The molecule has 0 aromatic heterocycles. The molecule has 1 unspecified atom stereocenters. The predicted octanol–water partition coefficient (Wildman–Crippen LogP) is 16.3. The van der Waals surface area contributed by atoms with Gasteiger partial charge in [-0.3, -0.25) is 9.59 Å². The molecule has 0 aromatic rings. The molecule has 5 nitrogen and oxygen atoms in total. The summed E-state index contributed by atoms with van der Waals surface area (Å²) in [6.45, 7) is 7.62. The zero-order valence-corrected chi connectivity index (χ0v) is 38.3. The van der Waals surface area contributed by atoms with Crippen LogP contribution in [-0.2, 0) is 23.8 Å². The number of hydrogen-bond donors (Lipinski definition) is 0. The molecule has 58 heavy (non-hydrogen) atoms. The number of allylic oxidation sites excluding steroid dienone is 12. The Morgan fingerprint density at radius 2 is 0.776 bits per heavy atom. The Bertz CT molecular complexity index is 1050. The average Bonchev–Trinajstić information content (AvgIpc) is 3.22. The van der Waals surface area contributed by atoms with Gasteiger partial charge in [0, 0.05) is 19.4 Å². The van der Waals surface area contributed by atoms with Crippen LogP contribution in [0.25, 0.3) is 0 Å². The molecule has 0 rings (SSSR count). The van der Waals surface area contributed by atoms with Crippen molar-refractivity contribution in [1.82, 2.24) is 0 Å². The lowest BCUT2D eigenvalue weighted by atomic mass is 10.1. The number of carbonyl (C=O) groups is 2. The molecule has 0 spiro atoms. The van der Waals surface area contributed by atoms with Crippen LogP contribution < -0.4 is 0 Å². The fourth-order valence-electron chi connectivity index (χ4n) is 6.59. The van der Waals surface area contributed by atoms with Crippen LogP contribution in [-0.4, -0.2) is 37.9 Å². The van der Waals surface area contributed by atoms with E-state index in [1.165, 1.54) is 116 Å². The first-order chi connectivity index (χ1) is 28.6. The quantitative estimate of drug-likeness (QED) is 0.0348. The zero-order chi connectivity index (χ0) is 42.1. The van der Waals surface area contributed by atoms with Crippen molar-refractivity contribution in [1.29, 1.82) is 0 Å². The highest BCUT2D eigenvalue weighted by atomic mass is 16.6. The first-order valence-electron chi connectivity index (χ1n) is 24.5. The number of carbonyl (C=O) groups excluding carboxylic acids is 2. The van der Waals surface area contributed by atoms with Gasteiger partial charge in [-0.15, -0.1) is 0 Å². The number of hydrogen-bond acceptors (Lipinski definition) is 5. The van der Waals surface area contributed by atoms with Gasteiger partial charge in [0.15, 0.2) is 6.10 Å². The molecule has 0 aliphatic rings. The SMILES string of the molecule is CC/C=C\C/C=C\C/C=C\C/C=C\CCCCC(=O)OCC(COCCCCCCCCCC/C=C\C/C=C\CCCCC)OC(=O)CCCCCCCCCCC. The first-order valence-corrected chi connectivity index (χ1v) is 24.5. The largest absolute Gasteiger partial charge is 0.462 e. The van der Waals surface area contributed by atoms with Crippen molar-refractivity contribution in [2.24, 2.45) is 0 Å². The Balaban J connectivity index is 4.26. The molecule has 0 amide bonds. The van der Waals surface area contributed by atoms with Crippen LogP contribution in [0, 0.1) is 0 Å². The summed E-state index contributed by atoms with van der Waals surface area (Å²) in [6.07, 6.45) is 62.0. The van der Waals surface area contributed by atoms with E-state index in [4.69, 9.17) is 14.2 Å². The summed E-state index contributed by atoms with van der Waals surface area (Å²) in [5, 5.41) is 0. The topological polar surface area (TPSA) is 61.8 Å². The normalized spacial score (nSPS) is 12.8. The molecule has 0 saturated heterocycles. The fourth-order valence-corrected chi connectivity index (χ4v) is 6.59. The molecule has 0 aliphatic heterocycles. The van der Waals surface area contributed by atoms with Crippen LogP contribution in [0.5, 0.6) is 0 Å². The third-order valence-corrected chi connectivity index (χ3v) is 10.2. The second kappa shape index (κ2) is 48.7. The van der Waals surface area contributed by atoms with Crippen LogP contribution in [0.3, 0.4) is 0 Å². The van der Waals surface area contributed by atoms with Gasteiger partial charge < -0.3 is 14.2 Å². The highest BCUT2D eigenvalue weighted by Gasteiger charge is 2.17. The summed E-state index contributed by atoms with van der Waals surface area (Å²) >= 11 is 0. The molecule has 5 heteroatoms. The maximum Gasteiger partial charge on any atom is 0.306 e. The van der Waals surface area contributed by atoms with Gasteiger partial charge >= 0.3 is 11.9 Å². The molecule has 1 atom stereocenters. The Labute approximate surface area is 359 Å². The van der Waals surface area contributed by atoms with Gasteiger partial charge in [-0.05, 0) is 89.9 Å². The number of unbranched alkanes of at least 4 members (excludes halogenated alkanes) is 21. The molecule has 0 bridgehead atoms. The molecule has 0 N–H and O–H groups in total. The lowest BCUT2D eigenvalue weighted by Gasteiger charge is -2.18. The van der Waals surface area contributed by atoms with Crippen molar-refractivity contribution >= 4 is 11.9 Å². The van der Waals surface area contributed by atoms with Crippen LogP contribution in [0.2, 0.25) is 0 Å². The second-order valence-electron chi connectivity index (χ2n) is 16.0. The summed E-state index contributed by atoms with van der Waals surface area (Å²) in [7, 11) is 0. The predicted molar refractivity (Wildman–Crippen MR) is 251 cm³/mol. The monoisotopic (exact) mass is 809 g/mol. The van der Waals surface area contributed by atoms with Gasteiger partial charge in [0.25, 0.3) is 0 Å². The first kappa shape index (κ1) is 55.3. The van der Waals surface area contributed by atoms with E-state index in [0.717, 1.165) is 77.0 Å². The van der Waals surface area contributed by atoms with Crippen molar-refractivity contribution in [3.8, 4) is 0 Å². The van der Waals surface area contributed by atoms with E-state index in [1.54, 1.807) is 0 Å². The number of esters is 2. The van der Waals surface area contributed by atoms with Crippen molar-refractivity contribution in [3.05, 3.63) is 72.9 Å². The molecular weight excluding hydrogens is 717 g/mol. The van der Waals surface area contributed by atoms with Crippen LogP contribution in [0.1, 0.15) is 226 Å². The molecule has 0 aliphatic carbocycles. The van der Waals surface area contributed by atoms with Gasteiger partial charge in [0.05, 0.1) is 6.61 Å². The summed E-state index contributed by atoms with van der Waals surface area (Å²) in [5.41, 5.74) is 0. The van der Waals surface area contributed by atoms with E-state index in [0.29, 0.717) is 19.4 Å². The molecule has 0 aromatic carbocycles. The zero-order valence-electron chi connectivity index (χ0n) is 38.3. The van der Waals surface area contributed by atoms with Crippen molar-refractivity contribution < 1.29 is 23.8 Å². The van der Waals surface area contributed by atoms with Gasteiger partial charge in [0.1, 0.15) is 6.61 Å². The van der Waals surface area contributed by atoms with E-state index < -0.39 is 6.10 Å². The smallest absolute Gasteiger partial charge is 0.306 e. The van der Waals surface area contributed by atoms with Gasteiger partial charge in [-0.1, -0.05) is 196 Å². The van der Waals surface area contributed by atoms with Gasteiger partial charge in [0.2, 0.25) is 0 Å². The maximum atomic E-state index is 12.7. The van der Waals surface area contributed by atoms with E-state index in [-0.39, 0.29) is 25.2 Å². The summed E-state index contributed by atoms with van der Waals surface area (Å²) in [5.74, 6) is -0.450. The minimum Gasteiger partial charge on any atom is -0.462 e. The molecular formula is C53H92O5. The minimum atomic E-state index is -0.554. The second-order valence-corrected chi connectivity index (χ2v) is 16.0. The van der Waals surface area contributed by atoms with E-state index in [9.17, 15) is 9.59 Å². The van der Waals surface area contributed by atoms with Crippen molar-refractivity contribution in [2.75, 3.05) is 19.8 Å². The standard InChI is InChI=1S/C53H92O5/c1-4-7-10-13-16-19-21-23-25-26-27-29-31-33-36-39-42-45-48-56-49-51(58-53(55)47-44-41-38-34-18-15-12-9-6-3)50-57-52(54)46-43-40-37-35-32-30-28-24-22-20-17-14-11-8-5-2/h8,11,16-17,19-20,23-25,28,32,35,51H,4-7,9-10,12-15,18,21-22,26-27,29-31,33-34,36-50H2,1-3H3/b11-8-,19-16-,20-17-,25-23-,28-24-,35-32-. The Morgan fingerprint density at radius 1 is 0.397 bits per heavy atom. The highest BCUT2D eigenvalue weighted by molar-refractivity contribution is 5.70. The summed E-state index contributed by atoms with van der Waals surface area (Å²) in [6, 6.07) is 0. The van der Waals surface area contributed by atoms with E-state index in [1.807, 2.05) is 0 Å². The van der Waals surface area contributed by atoms with Gasteiger partial charge in [-0.25, -0.2) is 0 Å². The van der Waals surface area contributed by atoms with Crippen molar-refractivity contribution in [2.45, 2.75) is 232 Å². The molecule has 0 heterocycles. The Morgan fingerprint density at radius 3 is 1.31 bits per heavy atom. The fraction of sp³-hybridized carbons (Fsp3) is 0.736. The molecule has 0 fully saturated rings. The van der Waals surface area contributed by atoms with E-state index >= 15 is 0 Å². The van der Waals surface area contributed by atoms with Crippen molar-refractivity contribution in [3.63, 3.8) is 0 Å². The Kier molecular flexibility index (Phi) is 46.5. The number of ether oxygens (including phenoxy) is 3. The minimum absolute atomic E-state index is 0.0607. The lowest BCUT2D eigenvalue weighted by molar-refractivity contribution is -0.163. The maximum absolute atomic E-state index is 12.7. The van der Waals surface area contributed by atoms with Crippen LogP contribution in [0.4, 0.5) is 0 Å². The molecule has 0 radical (unpaired) electrons. The third kappa shape index (κ3) is 46.0. The lowest BCUT2D eigenvalue weighted by Crippen LogP contribution is -2.30. The number of rotatable bonds is 44. The Hall–Kier alpha value is -2.66. The van der Waals surface area contributed by atoms with E-state index in [2.05, 4.69) is 93.7 Å². The van der Waals surface area contributed by atoms with Crippen LogP contribution >= 0.6 is 0 Å². The molecule has 334 valence electrons. The summed E-state index contributed by atoms with van der Waals surface area (Å²) in [4.78, 5) is 25.2. The highest BCUT2D eigenvalue weighted by Crippen LogP contribution is 2.13.